The van der Waals surface area contributed by atoms with E-state index >= 15 is 0 Å². The van der Waals surface area contributed by atoms with Crippen LogP contribution in [-0.2, 0) is 0 Å². The molecule has 19 heavy (non-hydrogen) atoms. The Hall–Kier alpha value is -2.24. The molecule has 6 heteroatoms. The minimum atomic E-state index is -1.99. The first-order valence-corrected chi connectivity index (χ1v) is 5.04. The fourth-order valence-electron chi connectivity index (χ4n) is 1.61. The van der Waals surface area contributed by atoms with Crippen LogP contribution in [0, 0.1) is 23.3 Å². The van der Waals surface area contributed by atoms with Gasteiger partial charge in [0, 0.05) is 0 Å². The van der Waals surface area contributed by atoms with E-state index in [0.717, 1.165) is 6.07 Å². The molecule has 0 aromatic heterocycles. The van der Waals surface area contributed by atoms with E-state index in [2.05, 4.69) is 0 Å². The summed E-state index contributed by atoms with van der Waals surface area (Å²) < 4.78 is 65.3. The molecule has 0 aliphatic carbocycles. The van der Waals surface area contributed by atoms with Gasteiger partial charge in [0.05, 0.1) is 11.1 Å². The fraction of sp³-hybridized carbons (Fsp3) is 0. The van der Waals surface area contributed by atoms with Crippen LogP contribution in [0.5, 0.6) is 0 Å². The second kappa shape index (κ2) is 4.79. The Morgan fingerprint density at radius 1 is 0.789 bits per heavy atom. The van der Waals surface area contributed by atoms with Gasteiger partial charge in [-0.05, 0) is 29.8 Å². The first kappa shape index (κ1) is 13.2. The first-order valence-electron chi connectivity index (χ1n) is 5.04. The standard InChI is InChI=1S/C13H5F5O/c14-8-2-1-6(3-9(8)15)12-10(16)4-7(13(18)19)5-11(12)17/h1-5H. The lowest BCUT2D eigenvalue weighted by Gasteiger charge is -2.07. The highest BCUT2D eigenvalue weighted by Crippen LogP contribution is 2.28. The number of halogens is 5. The zero-order valence-electron chi connectivity index (χ0n) is 9.18. The van der Waals surface area contributed by atoms with Crippen molar-refractivity contribution in [3.63, 3.8) is 0 Å². The van der Waals surface area contributed by atoms with Crippen molar-refractivity contribution in [2.45, 2.75) is 0 Å². The van der Waals surface area contributed by atoms with Crippen molar-refractivity contribution in [1.29, 1.82) is 0 Å². The van der Waals surface area contributed by atoms with Crippen LogP contribution in [0.15, 0.2) is 30.3 Å². The molecular formula is C13H5F5O. The lowest BCUT2D eigenvalue weighted by atomic mass is 10.0. The summed E-state index contributed by atoms with van der Waals surface area (Å²) in [6, 6.07) is 1.27. The van der Waals surface area contributed by atoms with Crippen LogP contribution in [0.4, 0.5) is 22.0 Å². The Bertz CT molecular complexity index is 643. The third kappa shape index (κ3) is 2.47. The Labute approximate surface area is 104 Å². The van der Waals surface area contributed by atoms with Gasteiger partial charge in [-0.3, -0.25) is 4.79 Å². The highest BCUT2D eigenvalue weighted by atomic mass is 19.2. The lowest BCUT2D eigenvalue weighted by molar-refractivity contribution is 0.0835. The van der Waals surface area contributed by atoms with Crippen LogP contribution in [0.2, 0.25) is 0 Å². The number of carbonyl (C=O) groups is 1. The van der Waals surface area contributed by atoms with Gasteiger partial charge in [0.1, 0.15) is 11.6 Å². The summed E-state index contributed by atoms with van der Waals surface area (Å²) in [6.45, 7) is 0. The van der Waals surface area contributed by atoms with Crippen LogP contribution in [-0.4, -0.2) is 6.04 Å². The fourth-order valence-corrected chi connectivity index (χ4v) is 1.61. The SMILES string of the molecule is O=C(F)c1cc(F)c(-c2ccc(F)c(F)c2)c(F)c1. The normalized spacial score (nSPS) is 10.6. The van der Waals surface area contributed by atoms with Gasteiger partial charge in [-0.1, -0.05) is 6.07 Å². The average molecular weight is 272 g/mol. The molecule has 0 radical (unpaired) electrons. The molecule has 0 atom stereocenters. The summed E-state index contributed by atoms with van der Waals surface area (Å²) in [7, 11) is 0. The predicted octanol–water partition coefficient (Wildman–Crippen LogP) is 4.02. The summed E-state index contributed by atoms with van der Waals surface area (Å²) in [5.74, 6) is -4.93. The second-order valence-corrected chi connectivity index (χ2v) is 3.72. The van der Waals surface area contributed by atoms with Crippen LogP contribution < -0.4 is 0 Å². The van der Waals surface area contributed by atoms with Crippen LogP contribution in [0.3, 0.4) is 0 Å². The molecule has 98 valence electrons. The smallest absolute Gasteiger partial charge is 0.255 e. The number of hydrogen-bond acceptors (Lipinski definition) is 1. The molecule has 2 aromatic carbocycles. The Balaban J connectivity index is 2.62. The number of benzene rings is 2. The summed E-state index contributed by atoms with van der Waals surface area (Å²) in [5.41, 5.74) is -1.71. The minimum Gasteiger partial charge on any atom is -0.255 e. The van der Waals surface area contributed by atoms with Crippen molar-refractivity contribution < 1.29 is 26.7 Å². The van der Waals surface area contributed by atoms with E-state index in [1.54, 1.807) is 0 Å². The predicted molar refractivity (Wildman–Crippen MR) is 57.1 cm³/mol. The van der Waals surface area contributed by atoms with E-state index < -0.39 is 40.4 Å². The summed E-state index contributed by atoms with van der Waals surface area (Å²) >= 11 is 0. The molecule has 0 N–H and O–H groups in total. The second-order valence-electron chi connectivity index (χ2n) is 3.72. The van der Waals surface area contributed by atoms with Gasteiger partial charge in [-0.25, -0.2) is 17.6 Å². The van der Waals surface area contributed by atoms with E-state index in [-0.39, 0.29) is 5.56 Å². The van der Waals surface area contributed by atoms with Crippen molar-refractivity contribution in [3.8, 4) is 11.1 Å². The van der Waals surface area contributed by atoms with Crippen molar-refractivity contribution in [3.05, 3.63) is 59.2 Å². The molecule has 0 aliphatic heterocycles. The van der Waals surface area contributed by atoms with E-state index in [9.17, 15) is 26.7 Å². The molecule has 1 nitrogen and oxygen atoms in total. The Kier molecular flexibility index (Phi) is 3.33. The number of rotatable bonds is 2. The van der Waals surface area contributed by atoms with Crippen molar-refractivity contribution in [2.75, 3.05) is 0 Å². The molecule has 0 amide bonds. The molecule has 0 saturated carbocycles. The molecule has 2 aromatic rings. The quantitative estimate of drug-likeness (QED) is 0.596. The van der Waals surface area contributed by atoms with Crippen LogP contribution in [0.1, 0.15) is 10.4 Å². The molecule has 2 rings (SSSR count). The largest absolute Gasteiger partial charge is 0.332 e. The maximum atomic E-state index is 13.6. The van der Waals surface area contributed by atoms with Gasteiger partial charge in [0.15, 0.2) is 11.6 Å². The van der Waals surface area contributed by atoms with Gasteiger partial charge < -0.3 is 0 Å². The van der Waals surface area contributed by atoms with Crippen LogP contribution >= 0.6 is 0 Å². The van der Waals surface area contributed by atoms with Crippen molar-refractivity contribution in [2.24, 2.45) is 0 Å². The van der Waals surface area contributed by atoms with Gasteiger partial charge in [-0.2, -0.15) is 4.39 Å². The summed E-state index contributed by atoms with van der Waals surface area (Å²) in [6.07, 6.45) is 0. The first-order chi connectivity index (χ1) is 8.90. The molecule has 0 fully saturated rings. The van der Waals surface area contributed by atoms with Gasteiger partial charge >= 0.3 is 6.04 Å². The lowest BCUT2D eigenvalue weighted by Crippen LogP contribution is -1.98. The minimum absolute atomic E-state index is 0.258. The third-order valence-electron chi connectivity index (χ3n) is 2.48. The van der Waals surface area contributed by atoms with Gasteiger partial charge in [0.25, 0.3) is 0 Å². The maximum Gasteiger partial charge on any atom is 0.332 e. The van der Waals surface area contributed by atoms with Gasteiger partial charge in [-0.15, -0.1) is 0 Å². The van der Waals surface area contributed by atoms with E-state index in [0.29, 0.717) is 24.3 Å². The summed E-state index contributed by atoms with van der Waals surface area (Å²) in [4.78, 5) is 10.4. The topological polar surface area (TPSA) is 17.1 Å². The zero-order chi connectivity index (χ0) is 14.2. The highest BCUT2D eigenvalue weighted by molar-refractivity contribution is 5.89. The maximum absolute atomic E-state index is 13.6. The van der Waals surface area contributed by atoms with E-state index in [1.807, 2.05) is 0 Å². The molecule has 0 saturated heterocycles. The molecule has 0 unspecified atom stereocenters. The molecule has 0 spiro atoms. The molecule has 0 aliphatic rings. The number of hydrogen-bond donors (Lipinski definition) is 0. The van der Waals surface area contributed by atoms with Crippen molar-refractivity contribution >= 4 is 6.04 Å². The van der Waals surface area contributed by atoms with E-state index in [1.165, 1.54) is 0 Å². The molecular weight excluding hydrogens is 267 g/mol. The monoisotopic (exact) mass is 272 g/mol. The Morgan fingerprint density at radius 3 is 1.84 bits per heavy atom. The van der Waals surface area contributed by atoms with Crippen LogP contribution in [0.25, 0.3) is 11.1 Å². The van der Waals surface area contributed by atoms with Gasteiger partial charge in [0.2, 0.25) is 0 Å². The zero-order valence-corrected chi connectivity index (χ0v) is 9.18. The van der Waals surface area contributed by atoms with E-state index in [4.69, 9.17) is 0 Å². The Morgan fingerprint density at radius 2 is 1.37 bits per heavy atom. The third-order valence-corrected chi connectivity index (χ3v) is 2.48. The summed E-state index contributed by atoms with van der Waals surface area (Å²) in [5, 5.41) is 0. The highest BCUT2D eigenvalue weighted by Gasteiger charge is 2.17. The molecule has 0 bridgehead atoms. The number of carbonyl (C=O) groups excluding carboxylic acids is 1. The average Bonchev–Trinajstić information content (AvgIpc) is 2.32. The molecule has 0 heterocycles. The van der Waals surface area contributed by atoms with Crippen molar-refractivity contribution in [1.82, 2.24) is 0 Å².